The van der Waals surface area contributed by atoms with Crippen molar-refractivity contribution < 1.29 is 18.6 Å². The summed E-state index contributed by atoms with van der Waals surface area (Å²) in [5.74, 6) is 0. The number of carbonyl (C=O) groups excluding carboxylic acids is 1. The summed E-state index contributed by atoms with van der Waals surface area (Å²) in [6, 6.07) is 9.03. The lowest BCUT2D eigenvalue weighted by Gasteiger charge is -2.23. The van der Waals surface area contributed by atoms with E-state index in [0.29, 0.717) is 18.5 Å². The van der Waals surface area contributed by atoms with Gasteiger partial charge in [-0.15, -0.1) is 4.52 Å². The van der Waals surface area contributed by atoms with Gasteiger partial charge in [-0.3, -0.25) is 4.79 Å². The molecule has 92 valence electrons. The summed E-state index contributed by atoms with van der Waals surface area (Å²) in [6.07, 6.45) is 0.721. The van der Waals surface area contributed by atoms with Crippen LogP contribution in [0.3, 0.4) is 0 Å². The Morgan fingerprint density at radius 1 is 1.35 bits per heavy atom. The highest BCUT2D eigenvalue weighted by atomic mass is 31.1. The van der Waals surface area contributed by atoms with Crippen LogP contribution < -0.4 is 0 Å². The largest absolute Gasteiger partial charge is 0.511 e. The summed E-state index contributed by atoms with van der Waals surface area (Å²) in [5.41, 5.74) is -0.489. The van der Waals surface area contributed by atoms with Crippen LogP contribution in [-0.4, -0.2) is 26.2 Å². The molecule has 0 bridgehead atoms. The van der Waals surface area contributed by atoms with E-state index in [-0.39, 0.29) is 6.16 Å². The Hall–Kier alpha value is -1.09. The maximum atomic E-state index is 11.5. The summed E-state index contributed by atoms with van der Waals surface area (Å²) in [6.45, 7) is 2.15. The minimum atomic E-state index is -1.91. The van der Waals surface area contributed by atoms with Crippen molar-refractivity contribution in [1.29, 1.82) is 0 Å². The molecular formula is C12H16O4P+. The monoisotopic (exact) mass is 255 g/mol. The van der Waals surface area contributed by atoms with Crippen LogP contribution in [0.15, 0.2) is 30.3 Å². The van der Waals surface area contributed by atoms with Crippen molar-refractivity contribution >= 4 is 14.3 Å². The quantitative estimate of drug-likeness (QED) is 0.555. The first-order chi connectivity index (χ1) is 8.18. The van der Waals surface area contributed by atoms with Gasteiger partial charge in [-0.2, -0.15) is 0 Å². The van der Waals surface area contributed by atoms with Crippen molar-refractivity contribution in [1.82, 2.24) is 0 Å². The summed E-state index contributed by atoms with van der Waals surface area (Å²) >= 11 is 0. The molecule has 5 heteroatoms. The van der Waals surface area contributed by atoms with Gasteiger partial charge in [0.15, 0.2) is 11.9 Å². The van der Waals surface area contributed by atoms with Gasteiger partial charge in [0.2, 0.25) is 6.16 Å². The molecule has 0 aliphatic carbocycles. The van der Waals surface area contributed by atoms with E-state index >= 15 is 0 Å². The van der Waals surface area contributed by atoms with E-state index in [1.807, 2.05) is 18.2 Å². The van der Waals surface area contributed by atoms with Gasteiger partial charge in [-0.25, -0.2) is 0 Å². The zero-order valence-corrected chi connectivity index (χ0v) is 10.9. The third-order valence-corrected chi connectivity index (χ3v) is 3.56. The third kappa shape index (κ3) is 3.43. The van der Waals surface area contributed by atoms with Crippen molar-refractivity contribution in [3.8, 4) is 0 Å². The molecule has 0 radical (unpaired) electrons. The zero-order valence-electron chi connectivity index (χ0n) is 9.96. The van der Waals surface area contributed by atoms with E-state index in [4.69, 9.17) is 9.26 Å². The summed E-state index contributed by atoms with van der Waals surface area (Å²) in [7, 11) is -0.561. The molecule has 0 saturated carbocycles. The fourth-order valence-corrected chi connectivity index (χ4v) is 2.45. The number of rotatable bonds is 7. The van der Waals surface area contributed by atoms with Crippen molar-refractivity contribution in [2.45, 2.75) is 12.5 Å². The SMILES string of the molecule is CCOC(C=O)(C[P+](=O)OC)c1ccccc1. The Kier molecular flexibility index (Phi) is 5.42. The van der Waals surface area contributed by atoms with E-state index in [9.17, 15) is 9.36 Å². The minimum Gasteiger partial charge on any atom is -0.358 e. The molecule has 0 spiro atoms. The number of hydrogen-bond acceptors (Lipinski definition) is 4. The first-order valence-corrected chi connectivity index (χ1v) is 6.69. The van der Waals surface area contributed by atoms with Crippen LogP contribution in [0.1, 0.15) is 12.5 Å². The Bertz CT molecular complexity index is 379. The third-order valence-electron chi connectivity index (χ3n) is 2.42. The second-order valence-corrected chi connectivity index (χ2v) is 4.83. The molecule has 0 aliphatic heterocycles. The van der Waals surface area contributed by atoms with E-state index in [1.54, 1.807) is 19.1 Å². The number of carbonyl (C=O) groups is 1. The molecular weight excluding hydrogens is 239 g/mol. The van der Waals surface area contributed by atoms with Crippen molar-refractivity contribution in [2.75, 3.05) is 19.9 Å². The van der Waals surface area contributed by atoms with Crippen LogP contribution in [-0.2, 0) is 24.2 Å². The number of ether oxygens (including phenoxy) is 1. The van der Waals surface area contributed by atoms with Gasteiger partial charge in [-0.1, -0.05) is 30.3 Å². The normalized spacial score (nSPS) is 15.1. The smallest absolute Gasteiger partial charge is 0.358 e. The van der Waals surface area contributed by atoms with Crippen LogP contribution in [0.25, 0.3) is 0 Å². The van der Waals surface area contributed by atoms with Gasteiger partial charge in [-0.05, 0) is 17.1 Å². The average Bonchev–Trinajstić information content (AvgIpc) is 2.39. The molecule has 0 amide bonds. The van der Waals surface area contributed by atoms with Crippen LogP contribution in [0.5, 0.6) is 0 Å². The Morgan fingerprint density at radius 2 is 2.00 bits per heavy atom. The van der Waals surface area contributed by atoms with Crippen LogP contribution in [0.4, 0.5) is 0 Å². The van der Waals surface area contributed by atoms with E-state index < -0.39 is 13.6 Å². The Labute approximate surface area is 102 Å². The van der Waals surface area contributed by atoms with Gasteiger partial charge >= 0.3 is 8.03 Å². The maximum Gasteiger partial charge on any atom is 0.511 e. The van der Waals surface area contributed by atoms with Crippen LogP contribution in [0.2, 0.25) is 0 Å². The number of benzene rings is 1. The van der Waals surface area contributed by atoms with Gasteiger partial charge in [0.25, 0.3) is 0 Å². The summed E-state index contributed by atoms with van der Waals surface area (Å²) in [5, 5.41) is 0. The fraction of sp³-hybridized carbons (Fsp3) is 0.417. The molecule has 0 heterocycles. The molecule has 1 aromatic carbocycles. The first kappa shape index (κ1) is 14.0. The molecule has 0 aliphatic rings. The lowest BCUT2D eigenvalue weighted by atomic mass is 9.97. The van der Waals surface area contributed by atoms with Gasteiger partial charge < -0.3 is 4.74 Å². The highest BCUT2D eigenvalue weighted by molar-refractivity contribution is 7.39. The predicted molar refractivity (Wildman–Crippen MR) is 65.3 cm³/mol. The molecule has 2 atom stereocenters. The fourth-order valence-electron chi connectivity index (χ4n) is 1.59. The predicted octanol–water partition coefficient (Wildman–Crippen LogP) is 2.51. The van der Waals surface area contributed by atoms with Crippen molar-refractivity contribution in [3.63, 3.8) is 0 Å². The second-order valence-electron chi connectivity index (χ2n) is 3.48. The standard InChI is InChI=1S/C12H16O4P/c1-3-16-12(9-13,10-17(14)15-2)11-7-5-4-6-8-11/h4-9H,3,10H2,1-2H3/q+1. The van der Waals surface area contributed by atoms with Crippen LogP contribution in [0, 0.1) is 0 Å². The summed E-state index contributed by atoms with van der Waals surface area (Å²) in [4.78, 5) is 11.4. The van der Waals surface area contributed by atoms with E-state index in [0.717, 1.165) is 0 Å². The molecule has 0 saturated heterocycles. The second kappa shape index (κ2) is 6.60. The Morgan fingerprint density at radius 3 is 2.47 bits per heavy atom. The zero-order chi connectivity index (χ0) is 12.7. The van der Waals surface area contributed by atoms with Crippen molar-refractivity contribution in [3.05, 3.63) is 35.9 Å². The minimum absolute atomic E-state index is 0.0280. The highest BCUT2D eigenvalue weighted by Gasteiger charge is 2.42. The van der Waals surface area contributed by atoms with E-state index in [1.165, 1.54) is 7.11 Å². The molecule has 17 heavy (non-hydrogen) atoms. The van der Waals surface area contributed by atoms with Crippen molar-refractivity contribution in [2.24, 2.45) is 0 Å². The number of aldehydes is 1. The lowest BCUT2D eigenvalue weighted by molar-refractivity contribution is -0.129. The van der Waals surface area contributed by atoms with Gasteiger partial charge in [0, 0.05) is 6.61 Å². The molecule has 4 nitrogen and oxygen atoms in total. The molecule has 0 aromatic heterocycles. The van der Waals surface area contributed by atoms with Gasteiger partial charge in [0.1, 0.15) is 0 Å². The van der Waals surface area contributed by atoms with Gasteiger partial charge in [0.05, 0.1) is 7.11 Å². The lowest BCUT2D eigenvalue weighted by Crippen LogP contribution is -2.34. The number of hydrogen-bond donors (Lipinski definition) is 0. The first-order valence-electron chi connectivity index (χ1n) is 5.33. The van der Waals surface area contributed by atoms with E-state index in [2.05, 4.69) is 0 Å². The molecule has 1 aromatic rings. The van der Waals surface area contributed by atoms with Crippen LogP contribution >= 0.6 is 8.03 Å². The molecule has 0 fully saturated rings. The Balaban J connectivity index is 3.08. The highest BCUT2D eigenvalue weighted by Crippen LogP contribution is 2.34. The maximum absolute atomic E-state index is 11.5. The molecule has 2 unspecified atom stereocenters. The topological polar surface area (TPSA) is 52.6 Å². The average molecular weight is 255 g/mol. The molecule has 0 N–H and O–H groups in total. The molecule has 1 rings (SSSR count). The summed E-state index contributed by atoms with van der Waals surface area (Å²) < 4.78 is 21.8.